The fraction of sp³-hybridized carbons (Fsp3) is 0.500. The van der Waals surface area contributed by atoms with Crippen LogP contribution in [0, 0.1) is 0 Å². The fourth-order valence-electron chi connectivity index (χ4n) is 1.65. The van der Waals surface area contributed by atoms with Crippen molar-refractivity contribution >= 4 is 21.8 Å². The molecule has 1 amide bonds. The lowest BCUT2D eigenvalue weighted by atomic mass is 10.2. The van der Waals surface area contributed by atoms with Crippen LogP contribution in [0.25, 0.3) is 0 Å². The molecular formula is C14H23N3O3S. The first-order valence-corrected chi connectivity index (χ1v) is 8.23. The van der Waals surface area contributed by atoms with Gasteiger partial charge in [-0.05, 0) is 25.5 Å². The molecule has 1 N–H and O–H groups in total. The second-order valence-corrected chi connectivity index (χ2v) is 7.08. The summed E-state index contributed by atoms with van der Waals surface area (Å²) in [6, 6.07) is 8.61. The van der Waals surface area contributed by atoms with Crippen molar-refractivity contribution in [1.29, 1.82) is 0 Å². The van der Waals surface area contributed by atoms with Gasteiger partial charge < -0.3 is 5.32 Å². The molecule has 0 radical (unpaired) electrons. The molecular weight excluding hydrogens is 290 g/mol. The fourth-order valence-corrected chi connectivity index (χ4v) is 2.71. The summed E-state index contributed by atoms with van der Waals surface area (Å²) in [5.41, 5.74) is 0.463. The van der Waals surface area contributed by atoms with Crippen molar-refractivity contribution in [3.05, 3.63) is 30.3 Å². The van der Waals surface area contributed by atoms with E-state index in [1.165, 1.54) is 14.1 Å². The van der Waals surface area contributed by atoms with Crippen LogP contribution in [-0.2, 0) is 15.0 Å². The van der Waals surface area contributed by atoms with E-state index < -0.39 is 10.2 Å². The van der Waals surface area contributed by atoms with E-state index in [9.17, 15) is 13.2 Å². The molecule has 0 fully saturated rings. The molecule has 1 atom stereocenters. The molecule has 0 aliphatic carbocycles. The van der Waals surface area contributed by atoms with Gasteiger partial charge in [0, 0.05) is 20.1 Å². The van der Waals surface area contributed by atoms with Gasteiger partial charge in [0.2, 0.25) is 5.91 Å². The van der Waals surface area contributed by atoms with Crippen molar-refractivity contribution < 1.29 is 13.2 Å². The van der Waals surface area contributed by atoms with E-state index in [0.29, 0.717) is 5.69 Å². The van der Waals surface area contributed by atoms with Gasteiger partial charge in [-0.15, -0.1) is 0 Å². The molecule has 0 bridgehead atoms. The van der Waals surface area contributed by atoms with Crippen LogP contribution >= 0.6 is 0 Å². The summed E-state index contributed by atoms with van der Waals surface area (Å²) < 4.78 is 27.0. The van der Waals surface area contributed by atoms with Gasteiger partial charge in [0.05, 0.1) is 5.69 Å². The monoisotopic (exact) mass is 313 g/mol. The van der Waals surface area contributed by atoms with E-state index in [0.717, 1.165) is 15.0 Å². The maximum atomic E-state index is 12.4. The van der Waals surface area contributed by atoms with Crippen LogP contribution in [0.1, 0.15) is 20.3 Å². The Hall–Kier alpha value is -1.60. The van der Waals surface area contributed by atoms with Gasteiger partial charge in [-0.1, -0.05) is 25.1 Å². The number of hydrogen-bond donors (Lipinski definition) is 1. The normalized spacial score (nSPS) is 13.0. The molecule has 0 aromatic heterocycles. The molecule has 7 heteroatoms. The standard InChI is InChI=1S/C14H23N3O3S/c1-5-12(2)15-14(18)11-17(21(19,20)16(3)4)13-9-7-6-8-10-13/h6-10,12H,5,11H2,1-4H3,(H,15,18)/t12-/m0/s1. The highest BCUT2D eigenvalue weighted by atomic mass is 32.2. The third-order valence-electron chi connectivity index (χ3n) is 3.09. The second kappa shape index (κ2) is 7.42. The summed E-state index contributed by atoms with van der Waals surface area (Å²) in [7, 11) is -0.839. The minimum absolute atomic E-state index is 0.0113. The Morgan fingerprint density at radius 1 is 1.24 bits per heavy atom. The van der Waals surface area contributed by atoms with Gasteiger partial charge in [0.15, 0.2) is 0 Å². The molecule has 1 rings (SSSR count). The largest absolute Gasteiger partial charge is 0.352 e. The SMILES string of the molecule is CC[C@H](C)NC(=O)CN(c1ccccc1)S(=O)(=O)N(C)C. The van der Waals surface area contributed by atoms with Crippen LogP contribution in [0.2, 0.25) is 0 Å². The summed E-state index contributed by atoms with van der Waals surface area (Å²) in [6.45, 7) is 3.59. The van der Waals surface area contributed by atoms with Crippen molar-refractivity contribution in [2.45, 2.75) is 26.3 Å². The predicted octanol–water partition coefficient (Wildman–Crippen LogP) is 1.21. The van der Waals surface area contributed by atoms with Crippen molar-refractivity contribution in [2.75, 3.05) is 24.9 Å². The minimum atomic E-state index is -3.72. The van der Waals surface area contributed by atoms with Gasteiger partial charge in [-0.2, -0.15) is 12.7 Å². The zero-order valence-corrected chi connectivity index (χ0v) is 13.7. The third kappa shape index (κ3) is 4.71. The lowest BCUT2D eigenvalue weighted by molar-refractivity contribution is -0.120. The quantitative estimate of drug-likeness (QED) is 0.823. The number of para-hydroxylation sites is 1. The van der Waals surface area contributed by atoms with E-state index in [1.807, 2.05) is 13.8 Å². The lowest BCUT2D eigenvalue weighted by Crippen LogP contribution is -2.47. The van der Waals surface area contributed by atoms with Crippen LogP contribution in [0.3, 0.4) is 0 Å². The summed E-state index contributed by atoms with van der Waals surface area (Å²) in [6.07, 6.45) is 0.789. The van der Waals surface area contributed by atoms with Crippen molar-refractivity contribution in [1.82, 2.24) is 9.62 Å². The van der Waals surface area contributed by atoms with Gasteiger partial charge in [-0.25, -0.2) is 4.31 Å². The van der Waals surface area contributed by atoms with E-state index in [4.69, 9.17) is 0 Å². The number of benzene rings is 1. The molecule has 0 unspecified atom stereocenters. The number of nitrogens with one attached hydrogen (secondary N) is 1. The maximum absolute atomic E-state index is 12.4. The Morgan fingerprint density at radius 3 is 2.29 bits per heavy atom. The van der Waals surface area contributed by atoms with E-state index >= 15 is 0 Å². The maximum Gasteiger partial charge on any atom is 0.304 e. The molecule has 6 nitrogen and oxygen atoms in total. The van der Waals surface area contributed by atoms with Crippen LogP contribution < -0.4 is 9.62 Å². The van der Waals surface area contributed by atoms with Gasteiger partial charge in [0.25, 0.3) is 0 Å². The van der Waals surface area contributed by atoms with Crippen molar-refractivity contribution in [2.24, 2.45) is 0 Å². The van der Waals surface area contributed by atoms with E-state index in [2.05, 4.69) is 5.32 Å². The van der Waals surface area contributed by atoms with Gasteiger partial charge >= 0.3 is 10.2 Å². The molecule has 21 heavy (non-hydrogen) atoms. The first-order chi connectivity index (χ1) is 9.78. The van der Waals surface area contributed by atoms with Crippen LogP contribution in [0.5, 0.6) is 0 Å². The van der Waals surface area contributed by atoms with Crippen LogP contribution in [0.15, 0.2) is 30.3 Å². The van der Waals surface area contributed by atoms with Crippen LogP contribution in [-0.4, -0.2) is 45.3 Å². The average Bonchev–Trinajstić information content (AvgIpc) is 2.45. The highest BCUT2D eigenvalue weighted by Gasteiger charge is 2.27. The van der Waals surface area contributed by atoms with Gasteiger partial charge in [0.1, 0.15) is 6.54 Å². The third-order valence-corrected chi connectivity index (χ3v) is 4.91. The summed E-state index contributed by atoms with van der Waals surface area (Å²) in [5.74, 6) is -0.321. The zero-order valence-electron chi connectivity index (χ0n) is 12.9. The molecule has 0 heterocycles. The van der Waals surface area contributed by atoms with Crippen molar-refractivity contribution in [3.8, 4) is 0 Å². The van der Waals surface area contributed by atoms with E-state index in [-0.39, 0.29) is 18.5 Å². The van der Waals surface area contributed by atoms with Gasteiger partial charge in [-0.3, -0.25) is 4.79 Å². The zero-order chi connectivity index (χ0) is 16.0. The Balaban J connectivity index is 3.02. The smallest absolute Gasteiger partial charge is 0.304 e. The summed E-state index contributed by atoms with van der Waals surface area (Å²) in [4.78, 5) is 12.0. The minimum Gasteiger partial charge on any atom is -0.352 e. The number of amides is 1. The van der Waals surface area contributed by atoms with Crippen molar-refractivity contribution in [3.63, 3.8) is 0 Å². The molecule has 0 spiro atoms. The Bertz CT molecular complexity index is 558. The molecule has 0 saturated carbocycles. The molecule has 0 saturated heterocycles. The number of hydrogen-bond acceptors (Lipinski definition) is 3. The predicted molar refractivity (Wildman–Crippen MR) is 84.3 cm³/mol. The van der Waals surface area contributed by atoms with E-state index in [1.54, 1.807) is 30.3 Å². The molecule has 0 aliphatic heterocycles. The molecule has 1 aromatic carbocycles. The number of carbonyl (C=O) groups excluding carboxylic acids is 1. The highest BCUT2D eigenvalue weighted by molar-refractivity contribution is 7.90. The highest BCUT2D eigenvalue weighted by Crippen LogP contribution is 2.18. The Labute approximate surface area is 126 Å². The number of carbonyl (C=O) groups is 1. The number of nitrogens with zero attached hydrogens (tertiary/aromatic N) is 2. The topological polar surface area (TPSA) is 69.7 Å². The number of anilines is 1. The average molecular weight is 313 g/mol. The Kier molecular flexibility index (Phi) is 6.17. The molecule has 1 aromatic rings. The van der Waals surface area contributed by atoms with Crippen LogP contribution in [0.4, 0.5) is 5.69 Å². The summed E-state index contributed by atoms with van der Waals surface area (Å²) >= 11 is 0. The Morgan fingerprint density at radius 2 is 1.81 bits per heavy atom. The summed E-state index contributed by atoms with van der Waals surface area (Å²) in [5, 5.41) is 2.78. The molecule has 0 aliphatic rings. The first-order valence-electron chi connectivity index (χ1n) is 6.83. The molecule has 118 valence electrons. The number of rotatable bonds is 7. The first kappa shape index (κ1) is 17.5. The lowest BCUT2D eigenvalue weighted by Gasteiger charge is -2.27. The second-order valence-electron chi connectivity index (χ2n) is 5.01.